The first-order valence-corrected chi connectivity index (χ1v) is 10.8. The summed E-state index contributed by atoms with van der Waals surface area (Å²) < 4.78 is 0. The van der Waals surface area contributed by atoms with Gasteiger partial charge in [-0.05, 0) is 29.8 Å². The number of fused-ring (bicyclic) bond motifs is 1. The summed E-state index contributed by atoms with van der Waals surface area (Å²) in [7, 11) is 0. The first-order valence-electron chi connectivity index (χ1n) is 10.0. The number of amides is 2. The highest BCUT2D eigenvalue weighted by atomic mass is 35.5. The van der Waals surface area contributed by atoms with Crippen molar-refractivity contribution in [3.05, 3.63) is 94.0 Å². The number of benzene rings is 3. The maximum Gasteiger partial charge on any atom is 0.262 e. The van der Waals surface area contributed by atoms with Crippen LogP contribution in [0.2, 0.25) is 10.0 Å². The summed E-state index contributed by atoms with van der Waals surface area (Å²) in [5, 5.41) is 12.6. The topological polar surface area (TPSA) is 70.1 Å². The Kier molecular flexibility index (Phi) is 5.29. The Balaban J connectivity index is 1.58. The number of halogens is 2. The molecule has 3 aromatic rings. The van der Waals surface area contributed by atoms with Gasteiger partial charge in [0.25, 0.3) is 5.91 Å². The van der Waals surface area contributed by atoms with Gasteiger partial charge < -0.3 is 5.11 Å². The zero-order valence-corrected chi connectivity index (χ0v) is 18.2. The van der Waals surface area contributed by atoms with Gasteiger partial charge in [0.1, 0.15) is 11.7 Å². The number of hydrogen-bond acceptors (Lipinski definition) is 5. The molecule has 32 heavy (non-hydrogen) atoms. The smallest absolute Gasteiger partial charge is 0.262 e. The standard InChI is InChI=1S/C24H18Cl2N2O4/c25-15-11-17(21(29)18(26)12-15)20-19-22(32-28(20)16-9-5-2-6-10-16)24(31)27(23(19)30)13-14-7-3-1-4-8-14/h1-12,19-20,22,29H,13H2. The summed E-state index contributed by atoms with van der Waals surface area (Å²) >= 11 is 12.4. The normalized spacial score (nSPS) is 22.5. The van der Waals surface area contributed by atoms with Crippen LogP contribution in [0.25, 0.3) is 0 Å². The lowest BCUT2D eigenvalue weighted by Gasteiger charge is -2.29. The van der Waals surface area contributed by atoms with Gasteiger partial charge in [-0.1, -0.05) is 71.7 Å². The number of likely N-dealkylation sites (tertiary alicyclic amines) is 1. The number of hydroxylamine groups is 1. The number of carbonyl (C=O) groups excluding carboxylic acids is 2. The predicted molar refractivity (Wildman–Crippen MR) is 120 cm³/mol. The molecule has 2 amide bonds. The van der Waals surface area contributed by atoms with Gasteiger partial charge in [-0.25, -0.2) is 5.06 Å². The van der Waals surface area contributed by atoms with Crippen molar-refractivity contribution in [2.24, 2.45) is 5.92 Å². The average molecular weight is 469 g/mol. The minimum absolute atomic E-state index is 0.0573. The monoisotopic (exact) mass is 468 g/mol. The molecule has 6 nitrogen and oxygen atoms in total. The molecular weight excluding hydrogens is 451 g/mol. The fourth-order valence-corrected chi connectivity index (χ4v) is 4.83. The number of nitrogens with zero attached hydrogens (tertiary/aromatic N) is 2. The van der Waals surface area contributed by atoms with Crippen molar-refractivity contribution in [3.63, 3.8) is 0 Å². The molecule has 162 valence electrons. The second-order valence-corrected chi connectivity index (χ2v) is 8.58. The summed E-state index contributed by atoms with van der Waals surface area (Å²) in [5.74, 6) is -1.86. The maximum absolute atomic E-state index is 13.5. The zero-order valence-electron chi connectivity index (χ0n) is 16.7. The van der Waals surface area contributed by atoms with Crippen molar-refractivity contribution in [2.45, 2.75) is 18.7 Å². The van der Waals surface area contributed by atoms with Crippen molar-refractivity contribution in [1.82, 2.24) is 4.90 Å². The number of phenols is 1. The van der Waals surface area contributed by atoms with Gasteiger partial charge >= 0.3 is 0 Å². The summed E-state index contributed by atoms with van der Waals surface area (Å²) in [5.41, 5.74) is 1.79. The van der Waals surface area contributed by atoms with Crippen LogP contribution in [-0.2, 0) is 21.0 Å². The Morgan fingerprint density at radius 2 is 1.56 bits per heavy atom. The van der Waals surface area contributed by atoms with E-state index in [1.807, 2.05) is 48.5 Å². The van der Waals surface area contributed by atoms with Crippen LogP contribution >= 0.6 is 23.2 Å². The average Bonchev–Trinajstić information content (AvgIpc) is 3.29. The fourth-order valence-electron chi connectivity index (χ4n) is 4.32. The van der Waals surface area contributed by atoms with Gasteiger partial charge in [-0.3, -0.25) is 19.3 Å². The number of aromatic hydroxyl groups is 1. The minimum Gasteiger partial charge on any atom is -0.506 e. The van der Waals surface area contributed by atoms with Gasteiger partial charge in [0.15, 0.2) is 6.10 Å². The van der Waals surface area contributed by atoms with E-state index in [2.05, 4.69) is 0 Å². The molecule has 0 bridgehead atoms. The molecule has 0 spiro atoms. The van der Waals surface area contributed by atoms with E-state index in [4.69, 9.17) is 28.0 Å². The van der Waals surface area contributed by atoms with Gasteiger partial charge in [0, 0.05) is 10.6 Å². The molecule has 0 aliphatic carbocycles. The van der Waals surface area contributed by atoms with E-state index in [-0.39, 0.29) is 23.2 Å². The Hall–Kier alpha value is -3.06. The van der Waals surface area contributed by atoms with Crippen molar-refractivity contribution < 1.29 is 19.5 Å². The van der Waals surface area contributed by atoms with Crippen LogP contribution in [0, 0.1) is 5.92 Å². The highest BCUT2D eigenvalue weighted by molar-refractivity contribution is 6.35. The van der Waals surface area contributed by atoms with Crippen LogP contribution < -0.4 is 5.06 Å². The van der Waals surface area contributed by atoms with Crippen LogP contribution in [0.1, 0.15) is 17.2 Å². The van der Waals surface area contributed by atoms with Crippen LogP contribution in [0.3, 0.4) is 0 Å². The number of phenolic OH excluding ortho intramolecular Hbond substituents is 1. The van der Waals surface area contributed by atoms with Crippen LogP contribution in [0.4, 0.5) is 5.69 Å². The lowest BCUT2D eigenvalue weighted by atomic mass is 9.90. The first-order chi connectivity index (χ1) is 15.5. The number of para-hydroxylation sites is 1. The Morgan fingerprint density at radius 1 is 0.906 bits per heavy atom. The number of carbonyl (C=O) groups is 2. The number of anilines is 1. The molecule has 8 heteroatoms. The lowest BCUT2D eigenvalue weighted by molar-refractivity contribution is -0.143. The van der Waals surface area contributed by atoms with E-state index in [9.17, 15) is 14.7 Å². The second-order valence-electron chi connectivity index (χ2n) is 7.73. The van der Waals surface area contributed by atoms with E-state index in [0.29, 0.717) is 16.3 Å². The first kappa shape index (κ1) is 20.8. The van der Waals surface area contributed by atoms with Gasteiger partial charge in [-0.2, -0.15) is 0 Å². The number of rotatable bonds is 4. The van der Waals surface area contributed by atoms with Gasteiger partial charge in [0.05, 0.1) is 23.3 Å². The Morgan fingerprint density at radius 3 is 2.25 bits per heavy atom. The van der Waals surface area contributed by atoms with Crippen LogP contribution in [0.15, 0.2) is 72.8 Å². The molecular formula is C24H18Cl2N2O4. The van der Waals surface area contributed by atoms with Crippen molar-refractivity contribution >= 4 is 40.7 Å². The molecule has 3 aromatic carbocycles. The molecule has 0 saturated carbocycles. The van der Waals surface area contributed by atoms with E-state index < -0.39 is 24.0 Å². The second kappa shape index (κ2) is 8.13. The molecule has 2 fully saturated rings. The van der Waals surface area contributed by atoms with Gasteiger partial charge in [-0.15, -0.1) is 0 Å². The molecule has 2 aliphatic heterocycles. The van der Waals surface area contributed by atoms with Crippen LogP contribution in [-0.4, -0.2) is 27.9 Å². The Bertz CT molecular complexity index is 1190. The van der Waals surface area contributed by atoms with E-state index in [1.165, 1.54) is 16.0 Å². The molecule has 3 atom stereocenters. The number of imide groups is 1. The van der Waals surface area contributed by atoms with E-state index >= 15 is 0 Å². The minimum atomic E-state index is -1.02. The molecule has 5 rings (SSSR count). The van der Waals surface area contributed by atoms with Crippen molar-refractivity contribution in [3.8, 4) is 5.75 Å². The van der Waals surface area contributed by atoms with Crippen molar-refractivity contribution in [2.75, 3.05) is 5.06 Å². The molecule has 0 radical (unpaired) electrons. The summed E-state index contributed by atoms with van der Waals surface area (Å²) in [4.78, 5) is 34.0. The predicted octanol–water partition coefficient (Wildman–Crippen LogP) is 4.75. The lowest BCUT2D eigenvalue weighted by Crippen LogP contribution is -2.37. The quantitative estimate of drug-likeness (QED) is 0.559. The molecule has 2 heterocycles. The summed E-state index contributed by atoms with van der Waals surface area (Å²) in [6.45, 7) is 0.148. The van der Waals surface area contributed by atoms with Gasteiger partial charge in [0.2, 0.25) is 5.91 Å². The summed E-state index contributed by atoms with van der Waals surface area (Å²) in [6, 6.07) is 20.5. The molecule has 1 N–H and O–H groups in total. The molecule has 2 saturated heterocycles. The summed E-state index contributed by atoms with van der Waals surface area (Å²) in [6.07, 6.45) is -1.02. The zero-order chi connectivity index (χ0) is 22.4. The number of hydrogen-bond donors (Lipinski definition) is 1. The molecule has 2 aliphatic rings. The maximum atomic E-state index is 13.5. The van der Waals surface area contributed by atoms with Crippen LogP contribution in [0.5, 0.6) is 5.75 Å². The fraction of sp³-hybridized carbons (Fsp3) is 0.167. The third kappa shape index (κ3) is 3.41. The Labute approximate surface area is 194 Å². The van der Waals surface area contributed by atoms with Crippen molar-refractivity contribution in [1.29, 1.82) is 0 Å². The molecule has 0 aromatic heterocycles. The SMILES string of the molecule is O=C1C2ON(c3ccccc3)C(c3cc(Cl)cc(Cl)c3O)C2C(=O)N1Cc1ccccc1. The highest BCUT2D eigenvalue weighted by Gasteiger charge is 2.60. The molecule has 3 unspecified atom stereocenters. The highest BCUT2D eigenvalue weighted by Crippen LogP contribution is 2.50. The third-order valence-electron chi connectivity index (χ3n) is 5.78. The third-order valence-corrected chi connectivity index (χ3v) is 6.28. The van der Waals surface area contributed by atoms with E-state index in [0.717, 1.165) is 5.56 Å². The largest absolute Gasteiger partial charge is 0.506 e. The van der Waals surface area contributed by atoms with E-state index in [1.54, 1.807) is 18.2 Å².